The fourth-order valence-electron chi connectivity index (χ4n) is 10.0. The summed E-state index contributed by atoms with van der Waals surface area (Å²) in [6.07, 6.45) is 13.7. The zero-order valence-corrected chi connectivity index (χ0v) is 61.2. The van der Waals surface area contributed by atoms with Gasteiger partial charge in [-0.05, 0) is 136 Å². The number of hydrazine groups is 2. The standard InChI is InChI=1S/C37H42Cl6N6O2.C33H29Cl3N6O5/c1-4-5-6-7-8-9-10-11-12-13-14-15-28(50)44-24-18-19-26(38)27(21-24)45-36-34(47-46-25-17-16-22(2)23(3)20-25)37(51)49(48-36)35-32(42)30(40)29(39)31(41)33(35)43;1-19-7-12-28(20(2)13-19)46-17-29(43)38-23-5-4-6-25(16-23)47-18-37-32-30(40-39-22-8-10-24(45-3)11-9-22)33(44)42(41-32)31-26(35)14-21(34)15-27(31)36/h16-21,34H,4-15H2,1-3H3,(H,44,50)(H,45,48);4-16,30H,17-18H2,1-3H3,(H,37,41)(H,38,43). The number of hydrogen-bond acceptors (Lipinski definition) is 13. The summed E-state index contributed by atoms with van der Waals surface area (Å²) >= 11 is 57.3. The number of benzene rings is 7. The summed E-state index contributed by atoms with van der Waals surface area (Å²) in [7, 11) is 1.56. The molecule has 2 atom stereocenters. The number of amides is 4. The molecule has 2 saturated heterocycles. The van der Waals surface area contributed by atoms with Crippen LogP contribution in [0.1, 0.15) is 106 Å². The van der Waals surface area contributed by atoms with E-state index in [4.69, 9.17) is 119 Å². The SMILES string of the molecule is CCCCCCCCCCCCCC(=O)Nc1ccc(Cl)c(N=C2NN(c3c(Cl)c(Cl)c(Cl)c(Cl)c3Cl)C(=O)C2N=Nc2ccc(C)c(C)c2)c1.COc1ccc(N=NC2C(=O)N(c3c(Cl)cc(Cl)cc3Cl)NC2=NCOc2cccc(NC(=O)COc3ccc(C)cc3C)c2)cc1. The fraction of sp³-hybridized carbons (Fsp3) is 0.314. The van der Waals surface area contributed by atoms with Gasteiger partial charge in [-0.3, -0.25) is 30.0 Å². The van der Waals surface area contributed by atoms with Crippen LogP contribution in [0.15, 0.2) is 146 Å². The third kappa shape index (κ3) is 21.1. The number of aliphatic imine (C=N–C) groups is 2. The third-order valence-electron chi connectivity index (χ3n) is 15.4. The Kier molecular flexibility index (Phi) is 28.9. The molecule has 28 heteroatoms. The molecule has 98 heavy (non-hydrogen) atoms. The smallest absolute Gasteiger partial charge is 0.280 e. The summed E-state index contributed by atoms with van der Waals surface area (Å²) in [5, 5.41) is 25.5. The van der Waals surface area contributed by atoms with Crippen molar-refractivity contribution in [2.24, 2.45) is 30.4 Å². The first-order valence-electron chi connectivity index (χ1n) is 31.4. The van der Waals surface area contributed by atoms with Crippen LogP contribution in [-0.4, -0.2) is 67.8 Å². The van der Waals surface area contributed by atoms with Gasteiger partial charge in [0.2, 0.25) is 18.0 Å². The van der Waals surface area contributed by atoms with E-state index in [9.17, 15) is 19.2 Å². The summed E-state index contributed by atoms with van der Waals surface area (Å²) < 4.78 is 16.7. The van der Waals surface area contributed by atoms with Crippen molar-refractivity contribution in [2.75, 3.05) is 41.1 Å². The fourth-order valence-corrected chi connectivity index (χ4v) is 12.5. The summed E-state index contributed by atoms with van der Waals surface area (Å²) in [6.45, 7) is 9.73. The highest BCUT2D eigenvalue weighted by atomic mass is 35.5. The van der Waals surface area contributed by atoms with Crippen LogP contribution in [0.5, 0.6) is 17.2 Å². The highest BCUT2D eigenvalue weighted by molar-refractivity contribution is 6.57. The van der Waals surface area contributed by atoms with E-state index in [-0.39, 0.29) is 94.1 Å². The van der Waals surface area contributed by atoms with E-state index in [2.05, 4.69) is 58.9 Å². The molecule has 2 heterocycles. The van der Waals surface area contributed by atoms with Gasteiger partial charge in [0.25, 0.3) is 17.7 Å². The minimum Gasteiger partial charge on any atom is -0.497 e. The number of nitrogens with one attached hydrogen (secondary N) is 4. The Bertz CT molecular complexity index is 4110. The van der Waals surface area contributed by atoms with Crippen LogP contribution in [-0.2, 0) is 19.2 Å². The van der Waals surface area contributed by atoms with Crippen LogP contribution >= 0.6 is 104 Å². The highest BCUT2D eigenvalue weighted by Gasteiger charge is 2.43. The Labute approximate surface area is 614 Å². The van der Waals surface area contributed by atoms with Gasteiger partial charge in [-0.2, -0.15) is 20.5 Å². The quantitative estimate of drug-likeness (QED) is 0.0158. The number of aryl methyl sites for hydroxylation is 4. The molecule has 2 fully saturated rings. The molecule has 0 radical (unpaired) electrons. The number of ether oxygens (including phenoxy) is 3. The highest BCUT2D eigenvalue weighted by Crippen LogP contribution is 2.49. The summed E-state index contributed by atoms with van der Waals surface area (Å²) in [5.74, 6) is 0.330. The van der Waals surface area contributed by atoms with E-state index in [0.29, 0.717) is 51.4 Å². The number of rotatable bonds is 28. The lowest BCUT2D eigenvalue weighted by molar-refractivity contribution is -0.118. The van der Waals surface area contributed by atoms with E-state index >= 15 is 0 Å². The maximum absolute atomic E-state index is 13.9. The molecule has 2 aliphatic rings. The van der Waals surface area contributed by atoms with Gasteiger partial charge < -0.3 is 24.8 Å². The molecule has 516 valence electrons. The first-order valence-corrected chi connectivity index (χ1v) is 34.8. The van der Waals surface area contributed by atoms with Gasteiger partial charge >= 0.3 is 0 Å². The van der Waals surface area contributed by atoms with Crippen molar-refractivity contribution in [3.05, 3.63) is 183 Å². The van der Waals surface area contributed by atoms with E-state index < -0.39 is 23.9 Å². The number of carbonyl (C=O) groups excluding carboxylic acids is 4. The molecule has 2 aliphatic heterocycles. The Morgan fingerprint density at radius 2 is 1.09 bits per heavy atom. The maximum atomic E-state index is 13.9. The molecule has 0 bridgehead atoms. The molecule has 7 aromatic carbocycles. The van der Waals surface area contributed by atoms with Crippen LogP contribution in [0.4, 0.5) is 39.8 Å². The number of carbonyl (C=O) groups is 4. The zero-order valence-electron chi connectivity index (χ0n) is 54.4. The Balaban J connectivity index is 0.000000251. The number of azo groups is 2. The molecule has 4 N–H and O–H groups in total. The van der Waals surface area contributed by atoms with Gasteiger partial charge in [-0.1, -0.05) is 205 Å². The summed E-state index contributed by atoms with van der Waals surface area (Å²) in [4.78, 5) is 61.9. The van der Waals surface area contributed by atoms with Gasteiger partial charge in [0.1, 0.15) is 28.6 Å². The number of unbranched alkanes of at least 4 members (excludes halogenated alkanes) is 10. The second kappa shape index (κ2) is 37.1. The number of amidine groups is 2. The molecule has 2 unspecified atom stereocenters. The Morgan fingerprint density at radius 3 is 1.72 bits per heavy atom. The largest absolute Gasteiger partial charge is 0.497 e. The van der Waals surface area contributed by atoms with Gasteiger partial charge in [0, 0.05) is 28.9 Å². The number of hydrogen-bond donors (Lipinski definition) is 4. The van der Waals surface area contributed by atoms with Crippen molar-refractivity contribution in [3.8, 4) is 17.2 Å². The van der Waals surface area contributed by atoms with Gasteiger partial charge in [-0.25, -0.2) is 20.0 Å². The molecular formula is C70H71Cl9N12O7. The Morgan fingerprint density at radius 1 is 0.520 bits per heavy atom. The van der Waals surface area contributed by atoms with Gasteiger partial charge in [0.15, 0.2) is 25.0 Å². The van der Waals surface area contributed by atoms with Crippen molar-refractivity contribution in [1.82, 2.24) is 10.9 Å². The Hall–Kier alpha value is -7.43. The van der Waals surface area contributed by atoms with Crippen LogP contribution in [0.25, 0.3) is 0 Å². The van der Waals surface area contributed by atoms with Crippen LogP contribution < -0.4 is 45.7 Å². The molecule has 9 rings (SSSR count). The van der Waals surface area contributed by atoms with Gasteiger partial charge in [0.05, 0.1) is 64.4 Å². The molecule has 0 spiro atoms. The molecule has 19 nitrogen and oxygen atoms in total. The zero-order chi connectivity index (χ0) is 70.6. The lowest BCUT2D eigenvalue weighted by Crippen LogP contribution is -2.36. The summed E-state index contributed by atoms with van der Waals surface area (Å²) in [5.41, 5.74) is 12.5. The number of anilines is 4. The van der Waals surface area contributed by atoms with Gasteiger partial charge in [-0.15, -0.1) is 0 Å². The van der Waals surface area contributed by atoms with Crippen LogP contribution in [0, 0.1) is 27.7 Å². The molecular weight excluding hydrogens is 1440 g/mol. The second-order valence-corrected chi connectivity index (χ2v) is 26.4. The molecule has 7 aromatic rings. The van der Waals surface area contributed by atoms with Crippen molar-refractivity contribution in [3.63, 3.8) is 0 Å². The average molecular weight is 1510 g/mol. The second-order valence-electron chi connectivity index (χ2n) is 22.9. The first kappa shape index (κ1) is 76.3. The normalized spacial score (nSPS) is 15.3. The molecule has 0 saturated carbocycles. The lowest BCUT2D eigenvalue weighted by Gasteiger charge is -2.21. The summed E-state index contributed by atoms with van der Waals surface area (Å²) in [6, 6.07) is 30.4. The monoisotopic (exact) mass is 1510 g/mol. The predicted octanol–water partition coefficient (Wildman–Crippen LogP) is 21.3. The molecule has 0 aliphatic carbocycles. The minimum atomic E-state index is -1.26. The van der Waals surface area contributed by atoms with Crippen LogP contribution in [0.3, 0.4) is 0 Å². The predicted molar refractivity (Wildman–Crippen MR) is 397 cm³/mol. The number of halogens is 9. The van der Waals surface area contributed by atoms with E-state index in [0.717, 1.165) is 51.5 Å². The van der Waals surface area contributed by atoms with E-state index in [1.54, 1.807) is 79.9 Å². The van der Waals surface area contributed by atoms with E-state index in [1.807, 2.05) is 58.0 Å². The molecule has 4 amide bonds. The van der Waals surface area contributed by atoms with Crippen LogP contribution in [0.2, 0.25) is 45.2 Å². The molecule has 0 aromatic heterocycles. The topological polar surface area (TPSA) is 225 Å². The maximum Gasteiger partial charge on any atom is 0.280 e. The van der Waals surface area contributed by atoms with Crippen molar-refractivity contribution < 1.29 is 33.4 Å². The van der Waals surface area contributed by atoms with Crippen molar-refractivity contribution >= 4 is 180 Å². The average Bonchev–Trinajstić information content (AvgIpc) is 1.56. The first-order chi connectivity index (χ1) is 47.0. The van der Waals surface area contributed by atoms with Crippen molar-refractivity contribution in [2.45, 2.75) is 124 Å². The van der Waals surface area contributed by atoms with E-state index in [1.165, 1.54) is 63.5 Å². The third-order valence-corrected chi connectivity index (χ3v) is 18.8. The number of methoxy groups -OCH3 is 1. The van der Waals surface area contributed by atoms with Crippen molar-refractivity contribution in [1.29, 1.82) is 0 Å². The number of nitrogens with zero attached hydrogens (tertiary/aromatic N) is 8. The minimum absolute atomic E-state index is 0.0335. The lowest BCUT2D eigenvalue weighted by atomic mass is 10.1.